The van der Waals surface area contributed by atoms with Crippen LogP contribution < -0.4 is 16.0 Å². The molecule has 1 aromatic heterocycles. The number of fused-ring (bicyclic) bond motifs is 3. The van der Waals surface area contributed by atoms with Crippen LogP contribution in [0.2, 0.25) is 0 Å². The van der Waals surface area contributed by atoms with Crippen molar-refractivity contribution in [3.05, 3.63) is 120 Å². The molecule has 344 valence electrons. The quantitative estimate of drug-likeness (QED) is 0.102. The zero-order chi connectivity index (χ0) is 47.1. The highest BCUT2D eigenvalue weighted by molar-refractivity contribution is 5.99. The summed E-state index contributed by atoms with van der Waals surface area (Å²) in [4.78, 5) is 77.1. The van der Waals surface area contributed by atoms with Crippen molar-refractivity contribution in [3.63, 3.8) is 0 Å². The first-order valence-corrected chi connectivity index (χ1v) is 22.0. The summed E-state index contributed by atoms with van der Waals surface area (Å²) in [7, 11) is 2.45. The molecule has 0 spiro atoms. The molecule has 2 fully saturated rings. The maximum absolute atomic E-state index is 16.6. The van der Waals surface area contributed by atoms with Gasteiger partial charge in [0, 0.05) is 35.5 Å². The normalized spacial score (nSPS) is 18.8. The van der Waals surface area contributed by atoms with Gasteiger partial charge in [-0.3, -0.25) is 14.4 Å². The standard InChI is InChI=1S/C50H53F2N7O7/c1-28(2)41(56-47(63)65-5)45(61)59-27-49(3,4)25-40(59)43-53-26-38(55-43)32-18-20-35-34-19-17-31(23-36(34)50(51,52)37(35)24-32)30-14-10-15-33(22-30)54-44(60)39-16-11-21-58(39)46(62)42(57-48(64)66-6)29-12-8-7-9-13-29/h7-10,12-15,17-20,22-24,26,28,39-42H,11,16,21,25,27H2,1-6H3,(H,53,55)(H,54,60)(H,56,63)(H,57,64)/t39-,40-,41?,42-/m0/s1. The molecule has 4 atom stereocenters. The number of halogens is 2. The summed E-state index contributed by atoms with van der Waals surface area (Å²) in [5, 5.41) is 8.19. The second-order valence-electron chi connectivity index (χ2n) is 18.2. The van der Waals surface area contributed by atoms with Gasteiger partial charge < -0.3 is 40.2 Å². The Morgan fingerprint density at radius 3 is 2.12 bits per heavy atom. The number of alkyl carbamates (subject to hydrolysis) is 2. The fraction of sp³-hybridized carbons (Fsp3) is 0.360. The van der Waals surface area contributed by atoms with E-state index in [0.717, 1.165) is 0 Å². The molecule has 4 N–H and O–H groups in total. The van der Waals surface area contributed by atoms with E-state index in [-0.39, 0.29) is 28.4 Å². The second-order valence-corrected chi connectivity index (χ2v) is 18.2. The van der Waals surface area contributed by atoms with Gasteiger partial charge in [-0.05, 0) is 82.7 Å². The molecule has 1 aliphatic carbocycles. The minimum Gasteiger partial charge on any atom is -0.453 e. The van der Waals surface area contributed by atoms with Crippen LogP contribution in [0.3, 0.4) is 0 Å². The van der Waals surface area contributed by atoms with E-state index in [4.69, 9.17) is 9.47 Å². The largest absolute Gasteiger partial charge is 0.453 e. The molecule has 5 amide bonds. The van der Waals surface area contributed by atoms with Crippen molar-refractivity contribution in [2.24, 2.45) is 11.3 Å². The lowest BCUT2D eigenvalue weighted by molar-refractivity contribution is -0.138. The molecule has 1 unspecified atom stereocenters. The smallest absolute Gasteiger partial charge is 0.407 e. The average Bonchev–Trinajstić information content (AvgIpc) is 4.11. The number of methoxy groups -OCH3 is 2. The highest BCUT2D eigenvalue weighted by atomic mass is 19.3. The van der Waals surface area contributed by atoms with Crippen LogP contribution in [-0.4, -0.2) is 89.1 Å². The molecule has 0 radical (unpaired) electrons. The summed E-state index contributed by atoms with van der Waals surface area (Å²) in [5.74, 6) is -4.16. The highest BCUT2D eigenvalue weighted by Gasteiger charge is 2.47. The van der Waals surface area contributed by atoms with Gasteiger partial charge in [0.15, 0.2) is 0 Å². The van der Waals surface area contributed by atoms with Gasteiger partial charge in [0.1, 0.15) is 23.9 Å². The number of carbonyl (C=O) groups excluding carboxylic acids is 5. The van der Waals surface area contributed by atoms with Crippen LogP contribution in [0.15, 0.2) is 97.2 Å². The molecule has 0 saturated carbocycles. The van der Waals surface area contributed by atoms with Crippen LogP contribution in [0.1, 0.15) is 81.6 Å². The SMILES string of the molecule is COC(=O)NC(C(=O)N1CC(C)(C)C[C@H]1c1ncc(-c2ccc3c(c2)C(F)(F)c2cc(-c4cccc(NC(=O)[C@@H]5CCCN5C(=O)[C@@H](NC(=O)OC)c5ccccc5)c4)ccc2-3)[nH]1)C(C)C. The zero-order valence-electron chi connectivity index (χ0n) is 37.6. The molecule has 14 nitrogen and oxygen atoms in total. The monoisotopic (exact) mass is 901 g/mol. The first kappa shape index (κ1) is 45.5. The number of benzene rings is 4. The van der Waals surface area contributed by atoms with Crippen LogP contribution in [-0.2, 0) is 29.8 Å². The number of likely N-dealkylation sites (tertiary alicyclic amines) is 2. The van der Waals surface area contributed by atoms with Crippen LogP contribution in [0.25, 0.3) is 33.5 Å². The number of anilines is 1. The van der Waals surface area contributed by atoms with E-state index >= 15 is 8.78 Å². The Hall–Kier alpha value is -7.10. The lowest BCUT2D eigenvalue weighted by Crippen LogP contribution is -2.51. The Labute approximate surface area is 381 Å². The fourth-order valence-electron chi connectivity index (χ4n) is 9.43. The third-order valence-electron chi connectivity index (χ3n) is 12.8. The number of carbonyl (C=O) groups is 5. The summed E-state index contributed by atoms with van der Waals surface area (Å²) < 4.78 is 42.8. The van der Waals surface area contributed by atoms with E-state index in [9.17, 15) is 24.0 Å². The Kier molecular flexibility index (Phi) is 12.4. The van der Waals surface area contributed by atoms with Crippen LogP contribution in [0, 0.1) is 11.3 Å². The van der Waals surface area contributed by atoms with Crippen molar-refractivity contribution < 1.29 is 42.2 Å². The number of alkyl halides is 2. The topological polar surface area (TPSA) is 175 Å². The maximum Gasteiger partial charge on any atom is 0.407 e. The number of hydrogen-bond donors (Lipinski definition) is 4. The number of aromatic nitrogens is 2. The van der Waals surface area contributed by atoms with Crippen molar-refractivity contribution in [3.8, 4) is 33.5 Å². The van der Waals surface area contributed by atoms with Crippen LogP contribution >= 0.6 is 0 Å². The van der Waals surface area contributed by atoms with Gasteiger partial charge in [-0.15, -0.1) is 0 Å². The number of rotatable bonds is 11. The molecule has 0 bridgehead atoms. The molecule has 2 aliphatic heterocycles. The lowest BCUT2D eigenvalue weighted by atomic mass is 9.90. The van der Waals surface area contributed by atoms with Crippen LogP contribution in [0.5, 0.6) is 0 Å². The first-order valence-electron chi connectivity index (χ1n) is 22.0. The maximum atomic E-state index is 16.6. The molecular formula is C50H53F2N7O7. The molecular weight excluding hydrogens is 849 g/mol. The molecule has 66 heavy (non-hydrogen) atoms. The highest BCUT2D eigenvalue weighted by Crippen LogP contribution is 2.53. The third kappa shape index (κ3) is 8.83. The van der Waals surface area contributed by atoms with E-state index in [1.807, 2.05) is 13.8 Å². The minimum atomic E-state index is -3.35. The van der Waals surface area contributed by atoms with Gasteiger partial charge in [-0.1, -0.05) is 94.4 Å². The number of nitrogens with zero attached hydrogens (tertiary/aromatic N) is 3. The number of ether oxygens (including phenoxy) is 2. The van der Waals surface area contributed by atoms with Gasteiger partial charge in [-0.25, -0.2) is 14.6 Å². The Morgan fingerprint density at radius 1 is 0.788 bits per heavy atom. The third-order valence-corrected chi connectivity index (χ3v) is 12.8. The number of imidazole rings is 1. The summed E-state index contributed by atoms with van der Waals surface area (Å²) in [6.07, 6.45) is 1.70. The first-order chi connectivity index (χ1) is 31.5. The Balaban J connectivity index is 0.990. The molecule has 4 aromatic carbocycles. The van der Waals surface area contributed by atoms with Crippen LogP contribution in [0.4, 0.5) is 24.1 Å². The lowest BCUT2D eigenvalue weighted by Gasteiger charge is -2.30. The number of aromatic amines is 1. The minimum absolute atomic E-state index is 0.149. The summed E-state index contributed by atoms with van der Waals surface area (Å²) in [5.41, 5.74) is 3.37. The van der Waals surface area contributed by atoms with E-state index < -0.39 is 54.1 Å². The van der Waals surface area contributed by atoms with E-state index in [0.29, 0.717) is 82.9 Å². The zero-order valence-corrected chi connectivity index (χ0v) is 37.6. The Bertz CT molecular complexity index is 2690. The molecule has 8 rings (SSSR count). The molecule has 5 aromatic rings. The second kappa shape index (κ2) is 18.1. The predicted molar refractivity (Wildman–Crippen MR) is 243 cm³/mol. The number of amides is 5. The van der Waals surface area contributed by atoms with Crippen molar-refractivity contribution in [2.75, 3.05) is 32.6 Å². The van der Waals surface area contributed by atoms with Gasteiger partial charge >= 0.3 is 12.2 Å². The summed E-state index contributed by atoms with van der Waals surface area (Å²) in [6, 6.07) is 22.4. The predicted octanol–water partition coefficient (Wildman–Crippen LogP) is 8.57. The number of hydrogen-bond acceptors (Lipinski definition) is 8. The van der Waals surface area contributed by atoms with Gasteiger partial charge in [0.2, 0.25) is 11.8 Å². The molecule has 16 heteroatoms. The van der Waals surface area contributed by atoms with Gasteiger partial charge in [-0.2, -0.15) is 8.78 Å². The van der Waals surface area contributed by atoms with Crippen molar-refractivity contribution in [1.82, 2.24) is 30.4 Å². The van der Waals surface area contributed by atoms with Gasteiger partial charge in [0.05, 0.1) is 32.2 Å². The van der Waals surface area contributed by atoms with Gasteiger partial charge in [0.25, 0.3) is 11.8 Å². The fourth-order valence-corrected chi connectivity index (χ4v) is 9.43. The van der Waals surface area contributed by atoms with E-state index in [1.54, 1.807) is 90.0 Å². The molecule has 3 heterocycles. The molecule has 2 saturated heterocycles. The van der Waals surface area contributed by atoms with Crippen molar-refractivity contribution in [1.29, 1.82) is 0 Å². The molecule has 3 aliphatic rings. The van der Waals surface area contributed by atoms with E-state index in [2.05, 4.69) is 39.8 Å². The summed E-state index contributed by atoms with van der Waals surface area (Å²) in [6.45, 7) is 8.55. The summed E-state index contributed by atoms with van der Waals surface area (Å²) >= 11 is 0. The van der Waals surface area contributed by atoms with E-state index in [1.165, 1.54) is 31.3 Å². The van der Waals surface area contributed by atoms with Crippen molar-refractivity contribution >= 4 is 35.6 Å². The van der Waals surface area contributed by atoms with Crippen molar-refractivity contribution in [2.45, 2.75) is 77.0 Å². The number of nitrogens with one attached hydrogen (secondary N) is 4. The average molecular weight is 902 g/mol. The number of H-pyrrole nitrogens is 1. The Morgan fingerprint density at radius 2 is 1.44 bits per heavy atom.